The largest absolute Gasteiger partial charge is 0.481 e. The molecule has 0 bridgehead atoms. The highest BCUT2D eigenvalue weighted by Gasteiger charge is 2.59. The SMILES string of the molecule is C[C@H](O)[C@@H]1CC[C@@H]2[C@@H]3CCC(=O)[C@](C)(CCC(=O)O)[C@H]3CC[C@]21C. The minimum Gasteiger partial charge on any atom is -0.481 e. The molecule has 0 heterocycles. The molecule has 0 radical (unpaired) electrons. The Kier molecular flexibility index (Phi) is 4.57. The van der Waals surface area contributed by atoms with Crippen LogP contribution in [0.4, 0.5) is 0 Å². The number of rotatable bonds is 4. The maximum absolute atomic E-state index is 12.7. The number of carbonyl (C=O) groups is 2. The molecule has 0 spiro atoms. The fraction of sp³-hybridized carbons (Fsp3) is 0.900. The third-order valence-electron chi connectivity index (χ3n) is 8.11. The molecule has 0 unspecified atom stereocenters. The number of Topliss-reactive ketones (excluding diaryl/α,β-unsaturated/α-hetero) is 1. The van der Waals surface area contributed by atoms with Crippen LogP contribution in [-0.2, 0) is 9.59 Å². The Hall–Kier alpha value is -0.900. The number of aliphatic hydroxyl groups excluding tert-OH is 1. The second-order valence-corrected chi connectivity index (χ2v) is 9.12. The molecular formula is C20H32O4. The lowest BCUT2D eigenvalue weighted by atomic mass is 9.48. The Labute approximate surface area is 145 Å². The fourth-order valence-corrected chi connectivity index (χ4v) is 6.80. The fourth-order valence-electron chi connectivity index (χ4n) is 6.80. The zero-order chi connectivity index (χ0) is 17.7. The summed E-state index contributed by atoms with van der Waals surface area (Å²) in [5, 5.41) is 19.3. The van der Waals surface area contributed by atoms with Crippen LogP contribution in [0.5, 0.6) is 0 Å². The summed E-state index contributed by atoms with van der Waals surface area (Å²) < 4.78 is 0. The van der Waals surface area contributed by atoms with Crippen LogP contribution >= 0.6 is 0 Å². The van der Waals surface area contributed by atoms with Gasteiger partial charge in [0.25, 0.3) is 0 Å². The van der Waals surface area contributed by atoms with E-state index in [1.54, 1.807) is 0 Å². The van der Waals surface area contributed by atoms with E-state index in [2.05, 4.69) is 6.92 Å². The number of carboxylic acids is 1. The van der Waals surface area contributed by atoms with Crippen molar-refractivity contribution < 1.29 is 19.8 Å². The summed E-state index contributed by atoms with van der Waals surface area (Å²) in [6, 6.07) is 0. The molecule has 136 valence electrons. The average Bonchev–Trinajstić information content (AvgIpc) is 2.86. The lowest BCUT2D eigenvalue weighted by molar-refractivity contribution is -0.149. The predicted octanol–water partition coefficient (Wildman–Crippen LogP) is 3.66. The Morgan fingerprint density at radius 3 is 2.54 bits per heavy atom. The van der Waals surface area contributed by atoms with Gasteiger partial charge in [0.15, 0.2) is 0 Å². The first-order chi connectivity index (χ1) is 11.2. The van der Waals surface area contributed by atoms with Crippen LogP contribution in [0.25, 0.3) is 0 Å². The first-order valence-corrected chi connectivity index (χ1v) is 9.63. The van der Waals surface area contributed by atoms with Crippen molar-refractivity contribution in [2.24, 2.45) is 34.5 Å². The van der Waals surface area contributed by atoms with Gasteiger partial charge in [-0.1, -0.05) is 13.8 Å². The number of fused-ring (bicyclic) bond motifs is 3. The van der Waals surface area contributed by atoms with Crippen LogP contribution in [0.15, 0.2) is 0 Å². The van der Waals surface area contributed by atoms with Crippen molar-refractivity contribution in [1.29, 1.82) is 0 Å². The molecule has 0 aromatic carbocycles. The lowest BCUT2D eigenvalue weighted by Gasteiger charge is -2.56. The van der Waals surface area contributed by atoms with Crippen molar-refractivity contribution in [2.75, 3.05) is 0 Å². The molecule has 24 heavy (non-hydrogen) atoms. The van der Waals surface area contributed by atoms with Gasteiger partial charge in [0.2, 0.25) is 0 Å². The van der Waals surface area contributed by atoms with E-state index in [4.69, 9.17) is 5.11 Å². The first kappa shape index (κ1) is 17.9. The third-order valence-corrected chi connectivity index (χ3v) is 8.11. The number of hydrogen-bond donors (Lipinski definition) is 2. The molecule has 4 heteroatoms. The quantitative estimate of drug-likeness (QED) is 0.821. The van der Waals surface area contributed by atoms with Gasteiger partial charge in [-0.3, -0.25) is 9.59 Å². The van der Waals surface area contributed by atoms with Gasteiger partial charge in [0.05, 0.1) is 6.10 Å². The van der Waals surface area contributed by atoms with Crippen molar-refractivity contribution in [3.05, 3.63) is 0 Å². The monoisotopic (exact) mass is 336 g/mol. The molecule has 0 aromatic heterocycles. The summed E-state index contributed by atoms with van der Waals surface area (Å²) in [4.78, 5) is 23.8. The number of carboxylic acid groups (broad SMARTS) is 1. The standard InChI is InChI=1S/C20H32O4/c1-12(21)14-5-6-15-13-4-7-17(22)20(3,11-9-18(23)24)16(13)8-10-19(14,15)2/h12-16,21H,4-11H2,1-3H3,(H,23,24)/t12-,13-,14-,15+,16-,19-,20+/m0/s1. The summed E-state index contributed by atoms with van der Waals surface area (Å²) in [5.41, 5.74) is -0.283. The summed E-state index contributed by atoms with van der Waals surface area (Å²) in [7, 11) is 0. The molecule has 0 amide bonds. The van der Waals surface area contributed by atoms with Crippen LogP contribution in [0.3, 0.4) is 0 Å². The molecule has 0 saturated heterocycles. The van der Waals surface area contributed by atoms with Crippen molar-refractivity contribution >= 4 is 11.8 Å². The molecule has 4 nitrogen and oxygen atoms in total. The first-order valence-electron chi connectivity index (χ1n) is 9.63. The number of aliphatic carboxylic acids is 1. The van der Waals surface area contributed by atoms with E-state index >= 15 is 0 Å². The normalized spacial score (nSPS) is 46.2. The van der Waals surface area contributed by atoms with Crippen molar-refractivity contribution in [3.8, 4) is 0 Å². The van der Waals surface area contributed by atoms with E-state index in [1.807, 2.05) is 13.8 Å². The highest BCUT2D eigenvalue weighted by Crippen LogP contribution is 2.65. The number of hydrogen-bond acceptors (Lipinski definition) is 3. The second-order valence-electron chi connectivity index (χ2n) is 9.12. The Balaban J connectivity index is 1.86. The Bertz CT molecular complexity index is 528. The van der Waals surface area contributed by atoms with E-state index < -0.39 is 11.4 Å². The topological polar surface area (TPSA) is 74.6 Å². The number of carbonyl (C=O) groups excluding carboxylic acids is 1. The van der Waals surface area contributed by atoms with Gasteiger partial charge in [-0.2, -0.15) is 0 Å². The Morgan fingerprint density at radius 1 is 1.21 bits per heavy atom. The van der Waals surface area contributed by atoms with E-state index in [-0.39, 0.29) is 23.7 Å². The van der Waals surface area contributed by atoms with E-state index in [0.717, 1.165) is 32.1 Å². The highest BCUT2D eigenvalue weighted by molar-refractivity contribution is 5.86. The average molecular weight is 336 g/mol. The zero-order valence-corrected chi connectivity index (χ0v) is 15.3. The number of ketones is 1. The molecule has 0 aliphatic heterocycles. The van der Waals surface area contributed by atoms with Crippen LogP contribution < -0.4 is 0 Å². The van der Waals surface area contributed by atoms with Gasteiger partial charge in [0.1, 0.15) is 5.78 Å². The van der Waals surface area contributed by atoms with E-state index in [0.29, 0.717) is 36.5 Å². The molecule has 3 rings (SSSR count). The molecule has 7 atom stereocenters. The molecule has 2 N–H and O–H groups in total. The summed E-state index contributed by atoms with van der Waals surface area (Å²) in [6.45, 7) is 6.30. The van der Waals surface area contributed by atoms with Gasteiger partial charge >= 0.3 is 5.97 Å². The third kappa shape index (κ3) is 2.61. The summed E-state index contributed by atoms with van der Waals surface area (Å²) in [6.07, 6.45) is 6.16. The van der Waals surface area contributed by atoms with Gasteiger partial charge in [-0.15, -0.1) is 0 Å². The molecule has 3 fully saturated rings. The van der Waals surface area contributed by atoms with Gasteiger partial charge < -0.3 is 10.2 Å². The molecule has 3 aliphatic carbocycles. The molecule has 3 aliphatic rings. The zero-order valence-electron chi connectivity index (χ0n) is 15.3. The van der Waals surface area contributed by atoms with Gasteiger partial charge in [-0.05, 0) is 74.5 Å². The second kappa shape index (κ2) is 6.12. The van der Waals surface area contributed by atoms with Gasteiger partial charge in [-0.25, -0.2) is 0 Å². The minimum atomic E-state index is -0.804. The number of aliphatic hydroxyl groups is 1. The Morgan fingerprint density at radius 2 is 1.92 bits per heavy atom. The van der Waals surface area contributed by atoms with E-state index in [9.17, 15) is 14.7 Å². The van der Waals surface area contributed by atoms with Gasteiger partial charge in [0, 0.05) is 18.3 Å². The van der Waals surface area contributed by atoms with Crippen molar-refractivity contribution in [2.45, 2.75) is 78.2 Å². The van der Waals surface area contributed by atoms with Crippen molar-refractivity contribution in [3.63, 3.8) is 0 Å². The highest BCUT2D eigenvalue weighted by atomic mass is 16.4. The molecule has 3 saturated carbocycles. The minimum absolute atomic E-state index is 0.0870. The molecular weight excluding hydrogens is 304 g/mol. The lowest BCUT2D eigenvalue weighted by Crippen LogP contribution is -2.53. The summed E-state index contributed by atoms with van der Waals surface area (Å²) in [5.74, 6) is 1.26. The van der Waals surface area contributed by atoms with Crippen LogP contribution in [0, 0.1) is 34.5 Å². The summed E-state index contributed by atoms with van der Waals surface area (Å²) >= 11 is 0. The van der Waals surface area contributed by atoms with Crippen LogP contribution in [0.1, 0.15) is 72.1 Å². The van der Waals surface area contributed by atoms with Crippen molar-refractivity contribution in [1.82, 2.24) is 0 Å². The van der Waals surface area contributed by atoms with Crippen LogP contribution in [0.2, 0.25) is 0 Å². The predicted molar refractivity (Wildman–Crippen MR) is 91.4 cm³/mol. The maximum Gasteiger partial charge on any atom is 0.303 e. The maximum atomic E-state index is 12.7. The molecule has 0 aromatic rings. The van der Waals surface area contributed by atoms with E-state index in [1.165, 1.54) is 0 Å². The smallest absolute Gasteiger partial charge is 0.303 e. The van der Waals surface area contributed by atoms with Crippen LogP contribution in [-0.4, -0.2) is 28.1 Å².